The van der Waals surface area contributed by atoms with Crippen molar-refractivity contribution in [2.75, 3.05) is 6.61 Å². The summed E-state index contributed by atoms with van der Waals surface area (Å²) in [6.45, 7) is 2.45. The van der Waals surface area contributed by atoms with E-state index in [1.807, 2.05) is 31.2 Å². The monoisotopic (exact) mass is 369 g/mol. The third-order valence-corrected chi connectivity index (χ3v) is 4.70. The van der Waals surface area contributed by atoms with Gasteiger partial charge < -0.3 is 4.74 Å². The van der Waals surface area contributed by atoms with Gasteiger partial charge in [-0.3, -0.25) is 9.59 Å². The van der Waals surface area contributed by atoms with Crippen LogP contribution in [0.15, 0.2) is 65.7 Å². The van der Waals surface area contributed by atoms with Crippen LogP contribution in [0.25, 0.3) is 11.1 Å². The van der Waals surface area contributed by atoms with E-state index in [0.29, 0.717) is 23.3 Å². The van der Waals surface area contributed by atoms with E-state index >= 15 is 0 Å². The molecule has 136 valence electrons. The largest absolute Gasteiger partial charge is 0.494 e. The number of fused-ring (bicyclic) bond motifs is 2. The van der Waals surface area contributed by atoms with Crippen molar-refractivity contribution >= 4 is 23.3 Å². The Balaban J connectivity index is 1.97. The van der Waals surface area contributed by atoms with E-state index in [-0.39, 0.29) is 28.4 Å². The highest BCUT2D eigenvalue weighted by Crippen LogP contribution is 2.39. The molecule has 0 bridgehead atoms. The predicted octanol–water partition coefficient (Wildman–Crippen LogP) is 4.50. The fraction of sp³-hybridized carbons (Fsp3) is 0.0870. The van der Waals surface area contributed by atoms with E-state index in [1.165, 1.54) is 6.08 Å². The molecular weight excluding hydrogens is 354 g/mol. The molecule has 1 aliphatic carbocycles. The number of rotatable bonds is 4. The van der Waals surface area contributed by atoms with Gasteiger partial charge in [0.2, 0.25) is 6.08 Å². The van der Waals surface area contributed by atoms with Crippen molar-refractivity contribution in [3.63, 3.8) is 0 Å². The number of isocyanates is 1. The summed E-state index contributed by atoms with van der Waals surface area (Å²) in [5.41, 5.74) is 2.57. The summed E-state index contributed by atoms with van der Waals surface area (Å²) >= 11 is 0. The molecule has 0 aromatic heterocycles. The molecule has 0 N–H and O–H groups in total. The van der Waals surface area contributed by atoms with E-state index < -0.39 is 0 Å². The zero-order valence-corrected chi connectivity index (χ0v) is 15.1. The number of ether oxygens (including phenoxy) is 1. The minimum absolute atomic E-state index is 0.137. The topological polar surface area (TPSA) is 72.8 Å². The zero-order valence-electron chi connectivity index (χ0n) is 15.1. The lowest BCUT2D eigenvalue weighted by atomic mass is 9.79. The Morgan fingerprint density at radius 1 is 0.821 bits per heavy atom. The van der Waals surface area contributed by atoms with Gasteiger partial charge in [-0.15, -0.1) is 0 Å². The quantitative estimate of drug-likeness (QED) is 0.392. The molecule has 3 aromatic rings. The van der Waals surface area contributed by atoms with Gasteiger partial charge in [-0.25, -0.2) is 4.79 Å². The van der Waals surface area contributed by atoms with Crippen LogP contribution in [-0.2, 0) is 4.79 Å². The fourth-order valence-corrected chi connectivity index (χ4v) is 3.49. The van der Waals surface area contributed by atoms with Gasteiger partial charge in [0.25, 0.3) is 0 Å². The second kappa shape index (κ2) is 7.06. The smallest absolute Gasteiger partial charge is 0.240 e. The highest BCUT2D eigenvalue weighted by Gasteiger charge is 2.34. The van der Waals surface area contributed by atoms with Crippen LogP contribution in [0.5, 0.6) is 5.75 Å². The van der Waals surface area contributed by atoms with Crippen molar-refractivity contribution in [1.82, 2.24) is 0 Å². The van der Waals surface area contributed by atoms with E-state index in [0.717, 1.165) is 11.3 Å². The average molecular weight is 369 g/mol. The summed E-state index contributed by atoms with van der Waals surface area (Å²) in [5, 5.41) is 0. The first-order chi connectivity index (χ1) is 13.7. The van der Waals surface area contributed by atoms with E-state index in [4.69, 9.17) is 4.74 Å². The first-order valence-electron chi connectivity index (χ1n) is 8.82. The fourth-order valence-electron chi connectivity index (χ4n) is 3.49. The minimum atomic E-state index is -0.327. The van der Waals surface area contributed by atoms with Crippen molar-refractivity contribution in [1.29, 1.82) is 0 Å². The third-order valence-electron chi connectivity index (χ3n) is 4.70. The van der Waals surface area contributed by atoms with Crippen LogP contribution in [0.1, 0.15) is 38.8 Å². The van der Waals surface area contributed by atoms with Crippen molar-refractivity contribution in [2.24, 2.45) is 4.99 Å². The summed E-state index contributed by atoms with van der Waals surface area (Å²) in [5.74, 6) is 0.124. The number of carbonyl (C=O) groups is 2. The van der Waals surface area contributed by atoms with Crippen LogP contribution in [-0.4, -0.2) is 24.3 Å². The molecule has 28 heavy (non-hydrogen) atoms. The molecule has 3 aromatic carbocycles. The third kappa shape index (κ3) is 2.75. The van der Waals surface area contributed by atoms with Gasteiger partial charge in [0.15, 0.2) is 11.6 Å². The molecule has 0 amide bonds. The van der Waals surface area contributed by atoms with E-state index in [1.54, 1.807) is 36.4 Å². The SMILES string of the molecule is CCOc1ccc(-c2ccc(N=C=O)c3c2C(=O)c2ccccc2C3=O)cc1. The molecule has 0 aliphatic heterocycles. The maximum atomic E-state index is 13.3. The Hall–Kier alpha value is -3.82. The first-order valence-corrected chi connectivity index (χ1v) is 8.82. The Bertz CT molecular complexity index is 1160. The molecule has 0 radical (unpaired) electrons. The summed E-state index contributed by atoms with van der Waals surface area (Å²) in [4.78, 5) is 40.9. The van der Waals surface area contributed by atoms with Gasteiger partial charge in [-0.2, -0.15) is 4.99 Å². The summed E-state index contributed by atoms with van der Waals surface area (Å²) in [6, 6.07) is 17.2. The van der Waals surface area contributed by atoms with Crippen LogP contribution < -0.4 is 4.74 Å². The number of benzene rings is 3. The van der Waals surface area contributed by atoms with Crippen molar-refractivity contribution in [3.8, 4) is 16.9 Å². The normalized spacial score (nSPS) is 12.0. The number of aliphatic imine (C=N–C) groups is 1. The second-order valence-corrected chi connectivity index (χ2v) is 6.25. The highest BCUT2D eigenvalue weighted by molar-refractivity contribution is 6.31. The molecule has 5 nitrogen and oxygen atoms in total. The molecule has 5 heteroatoms. The van der Waals surface area contributed by atoms with E-state index in [2.05, 4.69) is 4.99 Å². The lowest BCUT2D eigenvalue weighted by Crippen LogP contribution is -2.22. The van der Waals surface area contributed by atoms with Gasteiger partial charge in [0.05, 0.1) is 17.9 Å². The predicted molar refractivity (Wildman–Crippen MR) is 104 cm³/mol. The van der Waals surface area contributed by atoms with Crippen LogP contribution in [0.4, 0.5) is 5.69 Å². The molecule has 0 saturated carbocycles. The number of nitrogens with zero attached hydrogens (tertiary/aromatic N) is 1. The van der Waals surface area contributed by atoms with Crippen LogP contribution in [0, 0.1) is 0 Å². The zero-order chi connectivity index (χ0) is 19.7. The van der Waals surface area contributed by atoms with Crippen molar-refractivity contribution in [2.45, 2.75) is 6.92 Å². The van der Waals surface area contributed by atoms with Gasteiger partial charge in [0, 0.05) is 16.7 Å². The Morgan fingerprint density at radius 3 is 2.07 bits per heavy atom. The molecule has 4 rings (SSSR count). The molecule has 0 atom stereocenters. The molecule has 0 unspecified atom stereocenters. The Labute approximate surface area is 161 Å². The maximum absolute atomic E-state index is 13.3. The van der Waals surface area contributed by atoms with Gasteiger partial charge >= 0.3 is 0 Å². The summed E-state index contributed by atoms with van der Waals surface area (Å²) in [6.07, 6.45) is 1.47. The standard InChI is InChI=1S/C23H15NO4/c1-2-28-15-9-7-14(8-10-15)16-11-12-19(24-13-25)21-20(16)22(26)17-5-3-4-6-18(17)23(21)27/h3-12H,2H2,1H3. The maximum Gasteiger partial charge on any atom is 0.240 e. The van der Waals surface area contributed by atoms with Gasteiger partial charge in [0.1, 0.15) is 5.75 Å². The molecular formula is C23H15NO4. The Kier molecular flexibility index (Phi) is 4.44. The van der Waals surface area contributed by atoms with Gasteiger partial charge in [-0.1, -0.05) is 42.5 Å². The molecule has 1 aliphatic rings. The second-order valence-electron chi connectivity index (χ2n) is 6.25. The Morgan fingerprint density at radius 2 is 1.46 bits per heavy atom. The minimum Gasteiger partial charge on any atom is -0.494 e. The highest BCUT2D eigenvalue weighted by atomic mass is 16.5. The average Bonchev–Trinajstić information content (AvgIpc) is 2.73. The van der Waals surface area contributed by atoms with Crippen LogP contribution >= 0.6 is 0 Å². The summed E-state index contributed by atoms with van der Waals surface area (Å²) in [7, 11) is 0. The summed E-state index contributed by atoms with van der Waals surface area (Å²) < 4.78 is 5.47. The number of carbonyl (C=O) groups excluding carboxylic acids is 3. The van der Waals surface area contributed by atoms with Crippen molar-refractivity contribution in [3.05, 3.63) is 82.9 Å². The molecule has 0 spiro atoms. The lowest BCUT2D eigenvalue weighted by Gasteiger charge is -2.21. The first kappa shape index (κ1) is 17.6. The van der Waals surface area contributed by atoms with Crippen LogP contribution in [0.3, 0.4) is 0 Å². The van der Waals surface area contributed by atoms with Crippen LogP contribution in [0.2, 0.25) is 0 Å². The van der Waals surface area contributed by atoms with Crippen molar-refractivity contribution < 1.29 is 19.1 Å². The molecule has 0 heterocycles. The van der Waals surface area contributed by atoms with Gasteiger partial charge in [-0.05, 0) is 36.2 Å². The number of ketones is 2. The lowest BCUT2D eigenvalue weighted by molar-refractivity contribution is 0.0980. The number of hydrogen-bond donors (Lipinski definition) is 0. The molecule has 0 fully saturated rings. The molecule has 0 saturated heterocycles. The van der Waals surface area contributed by atoms with E-state index in [9.17, 15) is 14.4 Å². The number of hydrogen-bond acceptors (Lipinski definition) is 5.